The number of nitrogens with one attached hydrogen (secondary N) is 1. The van der Waals surface area contributed by atoms with E-state index in [9.17, 15) is 19.2 Å². The third-order valence-electron chi connectivity index (χ3n) is 2.27. The summed E-state index contributed by atoms with van der Waals surface area (Å²) >= 11 is 0. The van der Waals surface area contributed by atoms with Crippen LogP contribution in [0.2, 0.25) is 0 Å². The summed E-state index contributed by atoms with van der Waals surface area (Å²) in [6.07, 6.45) is -0.178. The second-order valence-corrected chi connectivity index (χ2v) is 3.69. The molecule has 8 heteroatoms. The third kappa shape index (κ3) is 3.89. The lowest BCUT2D eigenvalue weighted by molar-refractivity contribution is -0.138. The van der Waals surface area contributed by atoms with Crippen molar-refractivity contribution in [3.63, 3.8) is 0 Å². The highest BCUT2D eigenvalue weighted by Gasteiger charge is 2.11. The smallest absolute Gasteiger partial charge is 0.305 e. The minimum absolute atomic E-state index is 0.0416. The number of carbonyl (C=O) groups excluding carboxylic acids is 1. The number of nitrogens with zero attached hydrogens (tertiary/aromatic N) is 2. The molecule has 1 heterocycles. The van der Waals surface area contributed by atoms with Crippen molar-refractivity contribution < 1.29 is 14.7 Å². The van der Waals surface area contributed by atoms with E-state index in [1.54, 1.807) is 0 Å². The largest absolute Gasteiger partial charge is 0.481 e. The molecule has 0 fully saturated rings. The van der Waals surface area contributed by atoms with Crippen LogP contribution in [0.1, 0.15) is 6.42 Å². The summed E-state index contributed by atoms with van der Waals surface area (Å²) in [6, 6.07) is 2.13. The van der Waals surface area contributed by atoms with E-state index in [4.69, 9.17) is 5.11 Å². The van der Waals surface area contributed by atoms with Gasteiger partial charge in [0, 0.05) is 25.7 Å². The molecule has 1 amide bonds. The second kappa shape index (κ2) is 5.80. The van der Waals surface area contributed by atoms with Crippen LogP contribution in [0.3, 0.4) is 0 Å². The zero-order chi connectivity index (χ0) is 13.7. The lowest BCUT2D eigenvalue weighted by Gasteiger charge is -2.16. The highest BCUT2D eigenvalue weighted by molar-refractivity contribution is 5.76. The Morgan fingerprint density at radius 2 is 2.06 bits per heavy atom. The Kier molecular flexibility index (Phi) is 4.41. The van der Waals surface area contributed by atoms with Gasteiger partial charge in [0.25, 0.3) is 11.1 Å². The molecule has 0 saturated heterocycles. The molecule has 0 spiro atoms. The number of carboxylic acid groups (broad SMARTS) is 1. The standard InChI is InChI=1S/C10H13N3O5/c1-12(5-4-10(17)18)9(16)6-13-8(15)3-2-7(14)11-13/h2-3H,4-6H2,1H3,(H,11,14)(H,17,18). The number of carboxylic acids is 1. The molecular formula is C10H13N3O5. The Labute approximate surface area is 101 Å². The van der Waals surface area contributed by atoms with Crippen molar-refractivity contribution in [2.45, 2.75) is 13.0 Å². The molecule has 1 rings (SSSR count). The minimum Gasteiger partial charge on any atom is -0.481 e. The number of carbonyl (C=O) groups is 2. The van der Waals surface area contributed by atoms with Crippen LogP contribution in [-0.4, -0.2) is 45.3 Å². The molecule has 0 unspecified atom stereocenters. The van der Waals surface area contributed by atoms with E-state index in [1.807, 2.05) is 0 Å². The highest BCUT2D eigenvalue weighted by atomic mass is 16.4. The maximum Gasteiger partial charge on any atom is 0.305 e. The van der Waals surface area contributed by atoms with E-state index in [2.05, 4.69) is 5.10 Å². The van der Waals surface area contributed by atoms with Crippen LogP contribution in [-0.2, 0) is 16.1 Å². The number of amides is 1. The number of aromatic nitrogens is 2. The summed E-state index contributed by atoms with van der Waals surface area (Å²) in [5.41, 5.74) is -0.995. The molecule has 0 bridgehead atoms. The zero-order valence-corrected chi connectivity index (χ0v) is 9.75. The number of aromatic amines is 1. The number of hydrogen-bond acceptors (Lipinski definition) is 4. The molecule has 0 saturated carbocycles. The second-order valence-electron chi connectivity index (χ2n) is 3.69. The average molecular weight is 255 g/mol. The van der Waals surface area contributed by atoms with Gasteiger partial charge in [-0.3, -0.25) is 24.3 Å². The van der Waals surface area contributed by atoms with E-state index in [0.717, 1.165) is 16.8 Å². The van der Waals surface area contributed by atoms with Gasteiger partial charge in [-0.15, -0.1) is 0 Å². The van der Waals surface area contributed by atoms with Gasteiger partial charge in [0.1, 0.15) is 6.54 Å². The van der Waals surface area contributed by atoms with E-state index >= 15 is 0 Å². The van der Waals surface area contributed by atoms with Gasteiger partial charge >= 0.3 is 5.97 Å². The first kappa shape index (κ1) is 13.7. The number of rotatable bonds is 5. The van der Waals surface area contributed by atoms with Gasteiger partial charge in [0.15, 0.2) is 0 Å². The van der Waals surface area contributed by atoms with Gasteiger partial charge in [0.2, 0.25) is 5.91 Å². The summed E-state index contributed by atoms with van der Waals surface area (Å²) in [4.78, 5) is 45.5. The Balaban J connectivity index is 2.69. The molecule has 98 valence electrons. The van der Waals surface area contributed by atoms with Crippen molar-refractivity contribution in [1.82, 2.24) is 14.7 Å². The molecule has 18 heavy (non-hydrogen) atoms. The number of likely N-dealkylation sites (N-methyl/N-ethyl adjacent to an activating group) is 1. The van der Waals surface area contributed by atoms with Crippen LogP contribution < -0.4 is 11.1 Å². The fraction of sp³-hybridized carbons (Fsp3) is 0.400. The molecule has 0 aliphatic carbocycles. The number of H-pyrrole nitrogens is 1. The first-order chi connectivity index (χ1) is 8.40. The monoisotopic (exact) mass is 255 g/mol. The first-order valence-electron chi connectivity index (χ1n) is 5.16. The van der Waals surface area contributed by atoms with Crippen LogP contribution in [0.15, 0.2) is 21.7 Å². The Hall–Kier alpha value is -2.38. The van der Waals surface area contributed by atoms with Crippen molar-refractivity contribution in [3.05, 3.63) is 32.8 Å². The SMILES string of the molecule is CN(CCC(=O)O)C(=O)Cn1[nH]c(=O)ccc1=O. The highest BCUT2D eigenvalue weighted by Crippen LogP contribution is 1.90. The van der Waals surface area contributed by atoms with Crippen LogP contribution in [0.5, 0.6) is 0 Å². The lowest BCUT2D eigenvalue weighted by Crippen LogP contribution is -2.37. The fourth-order valence-electron chi connectivity index (χ4n) is 1.22. The number of hydrogen-bond donors (Lipinski definition) is 2. The van der Waals surface area contributed by atoms with Crippen LogP contribution >= 0.6 is 0 Å². The summed E-state index contributed by atoms with van der Waals surface area (Å²) in [7, 11) is 1.43. The van der Waals surface area contributed by atoms with E-state index in [0.29, 0.717) is 0 Å². The predicted octanol–water partition coefficient (Wildman–Crippen LogP) is -1.53. The van der Waals surface area contributed by atoms with Gasteiger partial charge in [-0.1, -0.05) is 0 Å². The average Bonchev–Trinajstić information content (AvgIpc) is 2.30. The van der Waals surface area contributed by atoms with E-state index < -0.39 is 23.0 Å². The molecule has 1 aromatic rings. The maximum atomic E-state index is 11.6. The molecule has 0 aromatic carbocycles. The molecule has 0 aliphatic heterocycles. The Bertz CT molecular complexity index is 559. The molecule has 8 nitrogen and oxygen atoms in total. The van der Waals surface area contributed by atoms with Crippen molar-refractivity contribution in [2.24, 2.45) is 0 Å². The maximum absolute atomic E-state index is 11.6. The molecular weight excluding hydrogens is 242 g/mol. The van der Waals surface area contributed by atoms with E-state index in [1.165, 1.54) is 11.9 Å². The van der Waals surface area contributed by atoms with Crippen molar-refractivity contribution >= 4 is 11.9 Å². The van der Waals surface area contributed by atoms with Crippen LogP contribution in [0, 0.1) is 0 Å². The molecule has 2 N–H and O–H groups in total. The van der Waals surface area contributed by atoms with Crippen molar-refractivity contribution in [1.29, 1.82) is 0 Å². The third-order valence-corrected chi connectivity index (χ3v) is 2.27. The quantitative estimate of drug-likeness (QED) is 0.662. The van der Waals surface area contributed by atoms with Gasteiger partial charge in [-0.25, -0.2) is 4.68 Å². The molecule has 0 radical (unpaired) electrons. The first-order valence-corrected chi connectivity index (χ1v) is 5.16. The Morgan fingerprint density at radius 3 is 2.67 bits per heavy atom. The van der Waals surface area contributed by atoms with Crippen molar-refractivity contribution in [3.8, 4) is 0 Å². The van der Waals surface area contributed by atoms with Gasteiger partial charge in [-0.05, 0) is 0 Å². The predicted molar refractivity (Wildman–Crippen MR) is 61.2 cm³/mol. The molecule has 1 aromatic heterocycles. The lowest BCUT2D eigenvalue weighted by atomic mass is 10.4. The fourth-order valence-corrected chi connectivity index (χ4v) is 1.22. The number of aliphatic carboxylic acids is 1. The van der Waals surface area contributed by atoms with Gasteiger partial charge in [0.05, 0.1) is 6.42 Å². The molecule has 0 aliphatic rings. The topological polar surface area (TPSA) is 112 Å². The zero-order valence-electron chi connectivity index (χ0n) is 9.75. The van der Waals surface area contributed by atoms with Crippen LogP contribution in [0.25, 0.3) is 0 Å². The molecule has 0 atom stereocenters. The normalized spacial score (nSPS) is 10.1. The summed E-state index contributed by atoms with van der Waals surface area (Å²) in [5, 5.41) is 10.7. The van der Waals surface area contributed by atoms with Gasteiger partial charge in [-0.2, -0.15) is 0 Å². The minimum atomic E-state index is -1.01. The summed E-state index contributed by atoms with van der Waals surface area (Å²) in [5.74, 6) is -1.47. The van der Waals surface area contributed by atoms with Crippen LogP contribution in [0.4, 0.5) is 0 Å². The summed E-state index contributed by atoms with van der Waals surface area (Å²) < 4.78 is 0.877. The van der Waals surface area contributed by atoms with Crippen molar-refractivity contribution in [2.75, 3.05) is 13.6 Å². The summed E-state index contributed by atoms with van der Waals surface area (Å²) in [6.45, 7) is -0.287. The Morgan fingerprint density at radius 1 is 1.39 bits per heavy atom. The van der Waals surface area contributed by atoms with E-state index in [-0.39, 0.29) is 19.5 Å². The van der Waals surface area contributed by atoms with Gasteiger partial charge < -0.3 is 10.0 Å².